The van der Waals surface area contributed by atoms with Crippen molar-refractivity contribution in [3.05, 3.63) is 35.9 Å². The first kappa shape index (κ1) is 15.4. The minimum absolute atomic E-state index is 0.0810. The van der Waals surface area contributed by atoms with E-state index in [4.69, 9.17) is 9.47 Å². The summed E-state index contributed by atoms with van der Waals surface area (Å²) in [7, 11) is 1.47. The van der Waals surface area contributed by atoms with E-state index in [1.807, 2.05) is 30.3 Å². The molecule has 104 valence electrons. The maximum absolute atomic E-state index is 11.4. The van der Waals surface area contributed by atoms with Gasteiger partial charge in [0.25, 0.3) is 0 Å². The number of benzene rings is 1. The Hall–Kier alpha value is -1.68. The van der Waals surface area contributed by atoms with E-state index >= 15 is 0 Å². The van der Waals surface area contributed by atoms with Gasteiger partial charge in [0.15, 0.2) is 5.78 Å². The first-order valence-electron chi connectivity index (χ1n) is 6.38. The lowest BCUT2D eigenvalue weighted by Crippen LogP contribution is -2.20. The summed E-state index contributed by atoms with van der Waals surface area (Å²) < 4.78 is 9.96. The third kappa shape index (κ3) is 6.15. The summed E-state index contributed by atoms with van der Waals surface area (Å²) in [6.07, 6.45) is 0.507. The predicted molar refractivity (Wildman–Crippen MR) is 71.8 cm³/mol. The molecule has 0 heterocycles. The van der Waals surface area contributed by atoms with Crippen molar-refractivity contribution in [2.75, 3.05) is 13.7 Å². The summed E-state index contributed by atoms with van der Waals surface area (Å²) in [6.45, 7) is 2.01. The number of hydrogen-bond donors (Lipinski definition) is 0. The third-order valence-corrected chi connectivity index (χ3v) is 2.88. The van der Waals surface area contributed by atoms with Gasteiger partial charge < -0.3 is 9.47 Å². The van der Waals surface area contributed by atoms with Crippen LogP contribution in [0.5, 0.6) is 0 Å². The molecule has 0 spiro atoms. The van der Waals surface area contributed by atoms with Gasteiger partial charge in [0.05, 0.1) is 13.0 Å². The second kappa shape index (κ2) is 8.43. The van der Waals surface area contributed by atoms with Crippen LogP contribution >= 0.6 is 0 Å². The quantitative estimate of drug-likeness (QED) is 0.675. The fraction of sp³-hybridized carbons (Fsp3) is 0.467. The van der Waals surface area contributed by atoms with Crippen LogP contribution in [0.3, 0.4) is 0 Å². The van der Waals surface area contributed by atoms with Gasteiger partial charge in [0, 0.05) is 20.0 Å². The lowest BCUT2D eigenvalue weighted by atomic mass is 10.1. The first-order chi connectivity index (χ1) is 9.13. The molecule has 0 bridgehead atoms. The molecule has 0 aliphatic heterocycles. The van der Waals surface area contributed by atoms with Crippen molar-refractivity contribution in [1.82, 2.24) is 0 Å². The van der Waals surface area contributed by atoms with Crippen LogP contribution in [0.1, 0.15) is 25.3 Å². The Morgan fingerprint density at radius 2 is 1.84 bits per heavy atom. The zero-order valence-corrected chi connectivity index (χ0v) is 11.4. The van der Waals surface area contributed by atoms with Crippen LogP contribution < -0.4 is 0 Å². The van der Waals surface area contributed by atoms with Crippen LogP contribution in [-0.2, 0) is 25.5 Å². The molecule has 19 heavy (non-hydrogen) atoms. The number of ketones is 1. The normalized spacial score (nSPS) is 11.9. The van der Waals surface area contributed by atoms with E-state index in [-0.39, 0.29) is 24.6 Å². The van der Waals surface area contributed by atoms with Gasteiger partial charge in [-0.05, 0) is 12.5 Å². The van der Waals surface area contributed by atoms with Crippen LogP contribution in [0, 0.1) is 0 Å². The standard InChI is InChI=1S/C15H20O4/c1-12(18-2)14(16)8-9-15(17)19-11-10-13-6-4-3-5-7-13/h3-7,12H,8-11H2,1-2H3. The van der Waals surface area contributed by atoms with Gasteiger partial charge in [-0.3, -0.25) is 9.59 Å². The van der Waals surface area contributed by atoms with Crippen molar-refractivity contribution in [3.63, 3.8) is 0 Å². The molecular formula is C15H20O4. The second-order valence-electron chi connectivity index (χ2n) is 4.30. The molecule has 0 aliphatic carbocycles. The molecule has 1 unspecified atom stereocenters. The highest BCUT2D eigenvalue weighted by atomic mass is 16.5. The second-order valence-corrected chi connectivity index (χ2v) is 4.30. The largest absolute Gasteiger partial charge is 0.465 e. The fourth-order valence-electron chi connectivity index (χ4n) is 1.56. The lowest BCUT2D eigenvalue weighted by molar-refractivity contribution is -0.145. The van der Waals surface area contributed by atoms with Gasteiger partial charge in [-0.15, -0.1) is 0 Å². The number of esters is 1. The van der Waals surface area contributed by atoms with Crippen LogP contribution in [0.4, 0.5) is 0 Å². The Labute approximate surface area is 113 Å². The molecule has 1 aromatic rings. The Balaban J connectivity index is 2.16. The van der Waals surface area contributed by atoms with Crippen LogP contribution in [0.2, 0.25) is 0 Å². The van der Waals surface area contributed by atoms with Crippen molar-refractivity contribution in [2.45, 2.75) is 32.3 Å². The maximum atomic E-state index is 11.4. The number of ether oxygens (including phenoxy) is 2. The van der Waals surface area contributed by atoms with E-state index in [0.717, 1.165) is 5.56 Å². The summed E-state index contributed by atoms with van der Waals surface area (Å²) in [4.78, 5) is 22.9. The Bertz CT molecular complexity index is 400. The molecule has 0 saturated heterocycles. The van der Waals surface area contributed by atoms with E-state index < -0.39 is 6.10 Å². The van der Waals surface area contributed by atoms with E-state index in [1.54, 1.807) is 6.92 Å². The molecular weight excluding hydrogens is 244 g/mol. The van der Waals surface area contributed by atoms with E-state index in [1.165, 1.54) is 7.11 Å². The van der Waals surface area contributed by atoms with Gasteiger partial charge in [-0.1, -0.05) is 30.3 Å². The van der Waals surface area contributed by atoms with Gasteiger partial charge in [-0.25, -0.2) is 0 Å². The van der Waals surface area contributed by atoms with Crippen molar-refractivity contribution in [3.8, 4) is 0 Å². The molecule has 1 aromatic carbocycles. The molecule has 1 rings (SSSR count). The summed E-state index contributed by atoms with van der Waals surface area (Å²) in [5, 5.41) is 0. The lowest BCUT2D eigenvalue weighted by Gasteiger charge is -2.08. The number of hydrogen-bond acceptors (Lipinski definition) is 4. The highest BCUT2D eigenvalue weighted by Crippen LogP contribution is 2.03. The average Bonchev–Trinajstić information content (AvgIpc) is 2.45. The summed E-state index contributed by atoms with van der Waals surface area (Å²) in [6, 6.07) is 9.80. The van der Waals surface area contributed by atoms with Gasteiger partial charge >= 0.3 is 5.97 Å². The molecule has 0 aromatic heterocycles. The van der Waals surface area contributed by atoms with Crippen molar-refractivity contribution in [1.29, 1.82) is 0 Å². The molecule has 0 radical (unpaired) electrons. The zero-order chi connectivity index (χ0) is 14.1. The van der Waals surface area contributed by atoms with E-state index in [0.29, 0.717) is 13.0 Å². The number of carbonyl (C=O) groups excluding carboxylic acids is 2. The monoisotopic (exact) mass is 264 g/mol. The molecule has 4 nitrogen and oxygen atoms in total. The van der Waals surface area contributed by atoms with Crippen molar-refractivity contribution < 1.29 is 19.1 Å². The minimum Gasteiger partial charge on any atom is -0.465 e. The zero-order valence-electron chi connectivity index (χ0n) is 11.4. The maximum Gasteiger partial charge on any atom is 0.306 e. The van der Waals surface area contributed by atoms with Crippen LogP contribution in [-0.4, -0.2) is 31.6 Å². The number of Topliss-reactive ketones (excluding diaryl/α,β-unsaturated/α-hetero) is 1. The molecule has 4 heteroatoms. The molecule has 1 atom stereocenters. The Morgan fingerprint density at radius 1 is 1.16 bits per heavy atom. The van der Waals surface area contributed by atoms with E-state index in [9.17, 15) is 9.59 Å². The smallest absolute Gasteiger partial charge is 0.306 e. The molecule has 0 N–H and O–H groups in total. The minimum atomic E-state index is -0.461. The predicted octanol–water partition coefficient (Wildman–Crippen LogP) is 2.16. The molecule has 0 fully saturated rings. The van der Waals surface area contributed by atoms with E-state index in [2.05, 4.69) is 0 Å². The first-order valence-corrected chi connectivity index (χ1v) is 6.38. The summed E-state index contributed by atoms with van der Waals surface area (Å²) in [5.41, 5.74) is 1.12. The topological polar surface area (TPSA) is 52.6 Å². The molecule has 0 saturated carbocycles. The number of methoxy groups -OCH3 is 1. The highest BCUT2D eigenvalue weighted by molar-refractivity contribution is 5.86. The highest BCUT2D eigenvalue weighted by Gasteiger charge is 2.14. The number of carbonyl (C=O) groups is 2. The average molecular weight is 264 g/mol. The van der Waals surface area contributed by atoms with Crippen LogP contribution in [0.15, 0.2) is 30.3 Å². The van der Waals surface area contributed by atoms with Crippen LogP contribution in [0.25, 0.3) is 0 Å². The SMILES string of the molecule is COC(C)C(=O)CCC(=O)OCCc1ccccc1. The Morgan fingerprint density at radius 3 is 2.47 bits per heavy atom. The molecule has 0 amide bonds. The van der Waals surface area contributed by atoms with Crippen molar-refractivity contribution in [2.24, 2.45) is 0 Å². The van der Waals surface area contributed by atoms with Gasteiger partial charge in [0.1, 0.15) is 6.10 Å². The Kier molecular flexibility index (Phi) is 6.82. The van der Waals surface area contributed by atoms with Gasteiger partial charge in [-0.2, -0.15) is 0 Å². The summed E-state index contributed by atoms with van der Waals surface area (Å²) >= 11 is 0. The summed E-state index contributed by atoms with van der Waals surface area (Å²) in [5.74, 6) is -0.421. The van der Waals surface area contributed by atoms with Gasteiger partial charge in [0.2, 0.25) is 0 Å². The number of rotatable bonds is 8. The van der Waals surface area contributed by atoms with Crippen molar-refractivity contribution >= 4 is 11.8 Å². The third-order valence-electron chi connectivity index (χ3n) is 2.88. The molecule has 0 aliphatic rings. The fourth-order valence-corrected chi connectivity index (χ4v) is 1.56.